The number of rotatable bonds is 4. The molecule has 3 heterocycles. The molecule has 1 unspecified atom stereocenters. The molecule has 1 atom stereocenters. The fraction of sp³-hybridized carbons (Fsp3) is 0.273. The maximum atomic E-state index is 13.4. The second kappa shape index (κ2) is 7.80. The monoisotopic (exact) mass is 497 g/mol. The van der Waals surface area contributed by atoms with Crippen LogP contribution in [0.3, 0.4) is 0 Å². The molecule has 0 bridgehead atoms. The lowest BCUT2D eigenvalue weighted by atomic mass is 9.97. The van der Waals surface area contributed by atoms with Gasteiger partial charge in [-0.2, -0.15) is 0 Å². The summed E-state index contributed by atoms with van der Waals surface area (Å²) in [7, 11) is 0. The van der Waals surface area contributed by atoms with E-state index in [1.165, 1.54) is 16.8 Å². The van der Waals surface area contributed by atoms with Gasteiger partial charge in [0.2, 0.25) is 0 Å². The maximum Gasteiger partial charge on any atom is 0.279 e. The first-order valence-electron chi connectivity index (χ1n) is 10.2. The minimum absolute atomic E-state index is 0.286. The van der Waals surface area contributed by atoms with E-state index in [4.69, 9.17) is 10.1 Å². The Balaban J connectivity index is 1.72. The number of para-hydroxylation sites is 1. The highest BCUT2D eigenvalue weighted by Gasteiger charge is 2.56. The van der Waals surface area contributed by atoms with E-state index in [9.17, 15) is 9.59 Å². The smallest absolute Gasteiger partial charge is 0.279 e. The molecule has 9 heteroatoms. The normalized spacial score (nSPS) is 21.0. The molecule has 5 rings (SSSR count). The summed E-state index contributed by atoms with van der Waals surface area (Å²) < 4.78 is 0.817. The van der Waals surface area contributed by atoms with Gasteiger partial charge in [0.05, 0.1) is 5.36 Å². The van der Waals surface area contributed by atoms with Crippen molar-refractivity contribution >= 4 is 56.1 Å². The van der Waals surface area contributed by atoms with E-state index < -0.39 is 5.66 Å². The van der Waals surface area contributed by atoms with Crippen LogP contribution in [0.2, 0.25) is 0 Å². The molecule has 7 nitrogen and oxygen atoms in total. The Bertz CT molecular complexity index is 1260. The van der Waals surface area contributed by atoms with Gasteiger partial charge in [0.1, 0.15) is 5.70 Å². The van der Waals surface area contributed by atoms with Crippen LogP contribution in [0.5, 0.6) is 0 Å². The van der Waals surface area contributed by atoms with E-state index in [0.29, 0.717) is 32.7 Å². The molecule has 0 saturated heterocycles. The first-order valence-corrected chi connectivity index (χ1v) is 12.0. The minimum atomic E-state index is -1.48. The number of carbonyl (C=O) groups excluding carboxylic acids is 2. The number of carbonyl (C=O) groups is 2. The van der Waals surface area contributed by atoms with Gasteiger partial charge < -0.3 is 5.32 Å². The predicted molar refractivity (Wildman–Crippen MR) is 124 cm³/mol. The number of nitrogens with one attached hydrogen (secondary N) is 2. The van der Waals surface area contributed by atoms with Crippen LogP contribution in [-0.2, 0) is 15.3 Å². The number of hydrogen-bond acceptors (Lipinski definition) is 6. The number of thioether (sulfide) groups is 1. The molecule has 2 aromatic rings. The number of hydrogen-bond donors (Lipinski definition) is 2. The first kappa shape index (κ1) is 20.3. The van der Waals surface area contributed by atoms with Gasteiger partial charge in [0, 0.05) is 26.7 Å². The van der Waals surface area contributed by atoms with Crippen molar-refractivity contribution in [3.63, 3.8) is 0 Å². The minimum Gasteiger partial charge on any atom is -0.321 e. The van der Waals surface area contributed by atoms with Crippen molar-refractivity contribution in [3.05, 3.63) is 63.1 Å². The van der Waals surface area contributed by atoms with Crippen molar-refractivity contribution in [1.29, 1.82) is 0 Å². The number of benzene rings is 2. The largest absolute Gasteiger partial charge is 0.321 e. The van der Waals surface area contributed by atoms with Crippen molar-refractivity contribution < 1.29 is 9.59 Å². The molecular weight excluding hydrogens is 478 g/mol. The first-order chi connectivity index (χ1) is 15.0. The third-order valence-corrected chi connectivity index (χ3v) is 6.94. The van der Waals surface area contributed by atoms with E-state index in [1.54, 1.807) is 0 Å². The zero-order valence-electron chi connectivity index (χ0n) is 16.8. The van der Waals surface area contributed by atoms with Gasteiger partial charge in [-0.25, -0.2) is 10.0 Å². The standard InChI is InChI=1S/C22H20BrN5O2S/c1-2-3-6-11-31-21-25-19(29)18-14-7-4-5-8-16(14)26-22(28(18)27-21)15-12-13(23)9-10-17(15)24-20(22)30/h4-5,7-10,12H,2-3,6,11H2,1H3,(H,24,30)(H,25,27,29). The molecule has 3 aliphatic heterocycles. The zero-order chi connectivity index (χ0) is 21.6. The molecular formula is C22H20BrN5O2S. The highest BCUT2D eigenvalue weighted by Crippen LogP contribution is 2.46. The van der Waals surface area contributed by atoms with Gasteiger partial charge >= 0.3 is 0 Å². The zero-order valence-corrected chi connectivity index (χ0v) is 19.2. The average Bonchev–Trinajstić information content (AvgIpc) is 3.03. The van der Waals surface area contributed by atoms with Crippen molar-refractivity contribution in [2.45, 2.75) is 31.8 Å². The van der Waals surface area contributed by atoms with Gasteiger partial charge in [-0.3, -0.25) is 14.9 Å². The van der Waals surface area contributed by atoms with Gasteiger partial charge in [-0.1, -0.05) is 65.7 Å². The summed E-state index contributed by atoms with van der Waals surface area (Å²) in [6, 6.07) is 12.9. The topological polar surface area (TPSA) is 86.2 Å². The lowest BCUT2D eigenvalue weighted by Gasteiger charge is -2.39. The van der Waals surface area contributed by atoms with Crippen LogP contribution >= 0.6 is 27.7 Å². The molecule has 0 aromatic heterocycles. The number of amides is 2. The number of nitrogens with zero attached hydrogens (tertiary/aromatic N) is 3. The molecule has 0 aliphatic carbocycles. The molecule has 158 valence electrons. The van der Waals surface area contributed by atoms with Crippen LogP contribution in [-0.4, -0.2) is 27.7 Å². The number of amidine groups is 1. The molecule has 31 heavy (non-hydrogen) atoms. The number of hydrazone groups is 1. The van der Waals surface area contributed by atoms with E-state index in [0.717, 1.165) is 29.5 Å². The highest BCUT2D eigenvalue weighted by molar-refractivity contribution is 9.10. The number of halogens is 1. The highest BCUT2D eigenvalue weighted by atomic mass is 79.9. The number of fused-ring (bicyclic) bond motifs is 5. The van der Waals surface area contributed by atoms with Gasteiger partial charge in [0.25, 0.3) is 17.5 Å². The number of unbranched alkanes of at least 4 members (excludes halogenated alkanes) is 2. The van der Waals surface area contributed by atoms with Gasteiger partial charge in [-0.05, 0) is 30.7 Å². The summed E-state index contributed by atoms with van der Waals surface area (Å²) in [4.78, 5) is 31.5. The van der Waals surface area contributed by atoms with E-state index >= 15 is 0 Å². The van der Waals surface area contributed by atoms with Crippen molar-refractivity contribution in [2.24, 2.45) is 10.1 Å². The Morgan fingerprint density at radius 3 is 2.81 bits per heavy atom. The second-order valence-electron chi connectivity index (χ2n) is 7.52. The lowest BCUT2D eigenvalue weighted by molar-refractivity contribution is -0.127. The van der Waals surface area contributed by atoms with E-state index in [-0.39, 0.29) is 11.8 Å². The fourth-order valence-corrected chi connectivity index (χ4v) is 5.24. The summed E-state index contributed by atoms with van der Waals surface area (Å²) in [5, 5.41) is 13.8. The van der Waals surface area contributed by atoms with Crippen molar-refractivity contribution in [1.82, 2.24) is 10.3 Å². The summed E-state index contributed by atoms with van der Waals surface area (Å²) in [6.45, 7) is 2.15. The average molecular weight is 498 g/mol. The fourth-order valence-electron chi connectivity index (χ4n) is 4.03. The van der Waals surface area contributed by atoms with Gasteiger partial charge in [-0.15, -0.1) is 5.10 Å². The molecule has 1 spiro atoms. The van der Waals surface area contributed by atoms with Crippen LogP contribution in [0.4, 0.5) is 5.69 Å². The van der Waals surface area contributed by atoms with Crippen LogP contribution in [0.15, 0.2) is 57.0 Å². The number of anilines is 1. The van der Waals surface area contributed by atoms with Crippen molar-refractivity contribution in [2.75, 3.05) is 11.1 Å². The molecule has 2 N–H and O–H groups in total. The molecule has 0 fully saturated rings. The van der Waals surface area contributed by atoms with E-state index in [2.05, 4.69) is 33.5 Å². The Hall–Kier alpha value is -2.65. The van der Waals surface area contributed by atoms with Crippen LogP contribution < -0.4 is 21.2 Å². The summed E-state index contributed by atoms with van der Waals surface area (Å²) in [6.07, 6.45) is 3.26. The quantitative estimate of drug-likeness (QED) is 0.635. The molecule has 2 amide bonds. The lowest BCUT2D eigenvalue weighted by Crippen LogP contribution is -2.59. The molecule has 3 aliphatic rings. The van der Waals surface area contributed by atoms with Crippen LogP contribution in [0, 0.1) is 0 Å². The Labute approximate surface area is 191 Å². The van der Waals surface area contributed by atoms with E-state index in [1.807, 2.05) is 42.5 Å². The summed E-state index contributed by atoms with van der Waals surface area (Å²) in [5.74, 6) is 0.220. The Kier molecular flexibility index (Phi) is 5.10. The molecule has 2 aromatic carbocycles. The molecule has 0 radical (unpaired) electrons. The van der Waals surface area contributed by atoms with Crippen molar-refractivity contribution in [3.8, 4) is 0 Å². The Morgan fingerprint density at radius 2 is 1.97 bits per heavy atom. The molecule has 0 saturated carbocycles. The van der Waals surface area contributed by atoms with Crippen LogP contribution in [0.1, 0.15) is 31.7 Å². The van der Waals surface area contributed by atoms with Gasteiger partial charge in [0.15, 0.2) is 5.17 Å². The Morgan fingerprint density at radius 1 is 1.13 bits per heavy atom. The SMILES string of the molecule is CCCCCSC1=NN2C(=c3ccccc3=NC23C(=O)Nc2ccc(Br)cc23)C(=O)N1. The second-order valence-corrected chi connectivity index (χ2v) is 9.52. The summed E-state index contributed by atoms with van der Waals surface area (Å²) in [5.41, 5.74) is 0.170. The summed E-state index contributed by atoms with van der Waals surface area (Å²) >= 11 is 4.99. The van der Waals surface area contributed by atoms with Crippen LogP contribution in [0.25, 0.3) is 5.70 Å². The maximum absolute atomic E-state index is 13.4. The predicted octanol–water partition coefficient (Wildman–Crippen LogP) is 2.62. The third-order valence-electron chi connectivity index (χ3n) is 5.49. The third kappa shape index (κ3) is 3.18.